The van der Waals surface area contributed by atoms with Gasteiger partial charge in [0.15, 0.2) is 0 Å². The molecular weight excluding hydrogens is 226 g/mol. The first-order valence-corrected chi connectivity index (χ1v) is 6.54. The van der Waals surface area contributed by atoms with Crippen LogP contribution in [0.2, 0.25) is 0 Å². The quantitative estimate of drug-likeness (QED) is 0.779. The number of carbonyl (C=O) groups is 1. The molecule has 2 unspecified atom stereocenters. The first kappa shape index (κ1) is 12.6. The lowest BCUT2D eigenvalue weighted by Gasteiger charge is -2.12. The molecule has 16 heavy (non-hydrogen) atoms. The molecule has 0 saturated heterocycles. The molecule has 5 nitrogen and oxygen atoms in total. The Kier molecular flexibility index (Phi) is 4.42. The number of hydrogen-bond acceptors (Lipinski definition) is 4. The molecule has 1 aromatic rings. The second-order valence-electron chi connectivity index (χ2n) is 3.58. The highest BCUT2D eigenvalue weighted by atomic mass is 32.2. The van der Waals surface area contributed by atoms with Gasteiger partial charge in [0.25, 0.3) is 0 Å². The minimum atomic E-state index is -0.845. The van der Waals surface area contributed by atoms with E-state index in [0.29, 0.717) is 17.1 Å². The normalized spacial score (nSPS) is 14.1. The maximum atomic E-state index is 11.0. The molecule has 0 spiro atoms. The van der Waals surface area contributed by atoms with Crippen LogP contribution in [0.4, 0.5) is 5.82 Å². The van der Waals surface area contributed by atoms with E-state index >= 15 is 0 Å². The summed E-state index contributed by atoms with van der Waals surface area (Å²) in [6, 6.07) is 3.35. The molecule has 0 aromatic carbocycles. The number of amides is 1. The molecule has 0 aliphatic carbocycles. The van der Waals surface area contributed by atoms with Gasteiger partial charge in [0.2, 0.25) is 5.91 Å². The van der Waals surface area contributed by atoms with Crippen LogP contribution in [0.15, 0.2) is 18.3 Å². The fourth-order valence-electron chi connectivity index (χ4n) is 1.27. The van der Waals surface area contributed by atoms with Gasteiger partial charge in [0, 0.05) is 35.0 Å². The number of carbonyl (C=O) groups excluding carboxylic acids is 1. The minimum absolute atomic E-state index is 0.0674. The first-order chi connectivity index (χ1) is 7.49. The van der Waals surface area contributed by atoms with Crippen LogP contribution in [0.5, 0.6) is 0 Å². The van der Waals surface area contributed by atoms with Crippen LogP contribution in [0.3, 0.4) is 0 Å². The van der Waals surface area contributed by atoms with Crippen LogP contribution in [0.1, 0.15) is 17.3 Å². The summed E-state index contributed by atoms with van der Waals surface area (Å²) in [6.07, 6.45) is 3.07. The summed E-state index contributed by atoms with van der Waals surface area (Å²) in [5.41, 5.74) is 5.46. The summed E-state index contributed by atoms with van der Waals surface area (Å²) in [7, 11) is -0.845. The number of nitrogens with zero attached hydrogens (tertiary/aromatic N) is 1. The summed E-state index contributed by atoms with van der Waals surface area (Å²) >= 11 is 0. The van der Waals surface area contributed by atoms with Gasteiger partial charge in [-0.3, -0.25) is 9.00 Å². The Bertz CT molecular complexity index is 392. The first-order valence-electron chi connectivity index (χ1n) is 4.81. The standard InChI is InChI=1S/C10H15N3O2S/c1-7(6-16(2)15)13-9-4-3-8(5-12-9)10(11)14/h3-5,7H,6H2,1-2H3,(H2,11,14)(H,12,13). The maximum absolute atomic E-state index is 11.0. The molecule has 1 amide bonds. The Morgan fingerprint density at radius 3 is 2.75 bits per heavy atom. The van der Waals surface area contributed by atoms with Crippen LogP contribution in [0, 0.1) is 0 Å². The topological polar surface area (TPSA) is 85.1 Å². The summed E-state index contributed by atoms with van der Waals surface area (Å²) in [5.74, 6) is 0.698. The molecule has 3 N–H and O–H groups in total. The Morgan fingerprint density at radius 2 is 2.31 bits per heavy atom. The number of rotatable bonds is 5. The van der Waals surface area contributed by atoms with E-state index in [2.05, 4.69) is 10.3 Å². The van der Waals surface area contributed by atoms with E-state index in [9.17, 15) is 9.00 Å². The fraction of sp³-hybridized carbons (Fsp3) is 0.400. The average Bonchev–Trinajstić information content (AvgIpc) is 2.16. The predicted octanol–water partition coefficient (Wildman–Crippen LogP) is 0.359. The molecule has 2 atom stereocenters. The Hall–Kier alpha value is -1.43. The van der Waals surface area contributed by atoms with Crippen molar-refractivity contribution in [2.24, 2.45) is 5.73 Å². The van der Waals surface area contributed by atoms with Crippen molar-refractivity contribution in [1.29, 1.82) is 0 Å². The highest BCUT2D eigenvalue weighted by molar-refractivity contribution is 7.84. The zero-order valence-corrected chi connectivity index (χ0v) is 10.1. The molecule has 0 aliphatic heterocycles. The van der Waals surface area contributed by atoms with Gasteiger partial charge in [-0.15, -0.1) is 0 Å². The summed E-state index contributed by atoms with van der Waals surface area (Å²) in [6.45, 7) is 1.92. The maximum Gasteiger partial charge on any atom is 0.250 e. The molecular formula is C10H15N3O2S. The highest BCUT2D eigenvalue weighted by Crippen LogP contribution is 2.06. The molecule has 6 heteroatoms. The number of nitrogens with one attached hydrogen (secondary N) is 1. The predicted molar refractivity (Wildman–Crippen MR) is 64.8 cm³/mol. The second kappa shape index (κ2) is 5.60. The van der Waals surface area contributed by atoms with Crippen molar-refractivity contribution in [3.05, 3.63) is 23.9 Å². The van der Waals surface area contributed by atoms with Crippen molar-refractivity contribution in [3.63, 3.8) is 0 Å². The highest BCUT2D eigenvalue weighted by Gasteiger charge is 2.06. The molecule has 0 radical (unpaired) electrons. The van der Waals surface area contributed by atoms with E-state index in [-0.39, 0.29) is 6.04 Å². The van der Waals surface area contributed by atoms with Gasteiger partial charge in [-0.25, -0.2) is 4.98 Å². The third-order valence-corrected chi connectivity index (χ3v) is 2.90. The average molecular weight is 241 g/mol. The van der Waals surface area contributed by atoms with Crippen LogP contribution < -0.4 is 11.1 Å². The van der Waals surface area contributed by atoms with Gasteiger partial charge in [-0.05, 0) is 19.1 Å². The Labute approximate surface area is 96.9 Å². The van der Waals surface area contributed by atoms with Crippen LogP contribution >= 0.6 is 0 Å². The van der Waals surface area contributed by atoms with Crippen LogP contribution in [-0.2, 0) is 10.8 Å². The molecule has 0 bridgehead atoms. The number of anilines is 1. The summed E-state index contributed by atoms with van der Waals surface area (Å²) in [5, 5.41) is 3.08. The van der Waals surface area contributed by atoms with E-state index in [1.54, 1.807) is 18.4 Å². The number of pyridine rings is 1. The minimum Gasteiger partial charge on any atom is -0.367 e. The van der Waals surface area contributed by atoms with Gasteiger partial charge >= 0.3 is 0 Å². The smallest absolute Gasteiger partial charge is 0.250 e. The third kappa shape index (κ3) is 3.98. The number of aromatic nitrogens is 1. The van der Waals surface area contributed by atoms with Gasteiger partial charge in [0.1, 0.15) is 5.82 Å². The zero-order valence-electron chi connectivity index (χ0n) is 9.27. The zero-order chi connectivity index (χ0) is 12.1. The fourth-order valence-corrected chi connectivity index (χ4v) is 2.06. The van der Waals surface area contributed by atoms with Crippen molar-refractivity contribution in [1.82, 2.24) is 4.98 Å². The van der Waals surface area contributed by atoms with Crippen molar-refractivity contribution in [3.8, 4) is 0 Å². The molecule has 1 aromatic heterocycles. The van der Waals surface area contributed by atoms with E-state index in [0.717, 1.165) is 0 Å². The summed E-state index contributed by atoms with van der Waals surface area (Å²) < 4.78 is 11.0. The number of nitrogens with two attached hydrogens (primary N) is 1. The van der Waals surface area contributed by atoms with Gasteiger partial charge in [0.05, 0.1) is 5.56 Å². The number of primary amides is 1. The molecule has 0 saturated carbocycles. The van der Waals surface area contributed by atoms with Crippen LogP contribution in [0.25, 0.3) is 0 Å². The van der Waals surface area contributed by atoms with E-state index < -0.39 is 16.7 Å². The Balaban J connectivity index is 2.61. The van der Waals surface area contributed by atoms with E-state index in [1.807, 2.05) is 6.92 Å². The van der Waals surface area contributed by atoms with E-state index in [4.69, 9.17) is 5.73 Å². The summed E-state index contributed by atoms with van der Waals surface area (Å²) in [4.78, 5) is 14.8. The van der Waals surface area contributed by atoms with Gasteiger partial charge in [-0.2, -0.15) is 0 Å². The van der Waals surface area contributed by atoms with Crippen LogP contribution in [-0.4, -0.2) is 33.2 Å². The Morgan fingerprint density at radius 1 is 1.62 bits per heavy atom. The van der Waals surface area contributed by atoms with Gasteiger partial charge < -0.3 is 11.1 Å². The lowest BCUT2D eigenvalue weighted by atomic mass is 10.2. The molecule has 88 valence electrons. The molecule has 0 fully saturated rings. The molecule has 0 aliphatic rings. The molecule has 1 rings (SSSR count). The molecule has 1 heterocycles. The van der Waals surface area contributed by atoms with Crippen molar-refractivity contribution >= 4 is 22.5 Å². The lowest BCUT2D eigenvalue weighted by Crippen LogP contribution is -2.23. The van der Waals surface area contributed by atoms with Gasteiger partial charge in [-0.1, -0.05) is 0 Å². The van der Waals surface area contributed by atoms with Crippen molar-refractivity contribution in [2.45, 2.75) is 13.0 Å². The number of hydrogen-bond donors (Lipinski definition) is 2. The second-order valence-corrected chi connectivity index (χ2v) is 5.06. The third-order valence-electron chi connectivity index (χ3n) is 1.93. The SMILES string of the molecule is CC(CS(C)=O)Nc1ccc(C(N)=O)cn1. The monoisotopic (exact) mass is 241 g/mol. The van der Waals surface area contributed by atoms with Crippen molar-refractivity contribution in [2.75, 3.05) is 17.3 Å². The largest absolute Gasteiger partial charge is 0.367 e. The van der Waals surface area contributed by atoms with E-state index in [1.165, 1.54) is 6.20 Å². The lowest BCUT2D eigenvalue weighted by molar-refractivity contribution is 0.1000. The van der Waals surface area contributed by atoms with Crippen molar-refractivity contribution < 1.29 is 9.00 Å².